The van der Waals surface area contributed by atoms with Crippen LogP contribution < -0.4 is 11.1 Å². The largest absolute Gasteiger partial charge is 0.389 e. The first-order valence-corrected chi connectivity index (χ1v) is 5.12. The molecule has 0 saturated carbocycles. The fraction of sp³-hybridized carbons (Fsp3) is 0.500. The number of ether oxygens (including phenoxy) is 1. The number of aliphatic hydroxyl groups is 1. The molecule has 0 amide bonds. The average molecular weight is 277 g/mol. The Balaban J connectivity index is 2.50. The molecule has 0 radical (unpaired) electrons. The van der Waals surface area contributed by atoms with Gasteiger partial charge in [-0.05, 0) is 15.9 Å². The fourth-order valence-corrected chi connectivity index (χ4v) is 1.38. The lowest BCUT2D eigenvalue weighted by atomic mass is 10.4. The molecule has 4 N–H and O–H groups in total. The van der Waals surface area contributed by atoms with Gasteiger partial charge in [0, 0.05) is 19.7 Å². The van der Waals surface area contributed by atoms with Gasteiger partial charge in [-0.3, -0.25) is 0 Å². The number of anilines is 2. The molecule has 15 heavy (non-hydrogen) atoms. The fourth-order valence-electron chi connectivity index (χ4n) is 0.975. The summed E-state index contributed by atoms with van der Waals surface area (Å²) in [5.41, 5.74) is 5.52. The molecule has 0 spiro atoms. The summed E-state index contributed by atoms with van der Waals surface area (Å²) in [4.78, 5) is 7.97. The lowest BCUT2D eigenvalue weighted by Crippen LogP contribution is -2.25. The van der Waals surface area contributed by atoms with Crippen molar-refractivity contribution in [1.82, 2.24) is 9.97 Å². The Morgan fingerprint density at radius 2 is 2.40 bits per heavy atom. The number of aromatic nitrogens is 2. The van der Waals surface area contributed by atoms with Crippen LogP contribution in [-0.2, 0) is 4.74 Å². The molecule has 1 heterocycles. The normalized spacial score (nSPS) is 12.5. The van der Waals surface area contributed by atoms with Crippen LogP contribution >= 0.6 is 15.9 Å². The minimum Gasteiger partial charge on any atom is -0.389 e. The summed E-state index contributed by atoms with van der Waals surface area (Å²) in [7, 11) is 1.52. The van der Waals surface area contributed by atoms with Gasteiger partial charge < -0.3 is 20.9 Å². The van der Waals surface area contributed by atoms with Crippen molar-refractivity contribution in [2.45, 2.75) is 6.10 Å². The molecule has 1 rings (SSSR count). The zero-order valence-electron chi connectivity index (χ0n) is 8.27. The van der Waals surface area contributed by atoms with E-state index in [9.17, 15) is 5.11 Å². The second kappa shape index (κ2) is 5.84. The van der Waals surface area contributed by atoms with Crippen LogP contribution in [-0.4, -0.2) is 41.4 Å². The van der Waals surface area contributed by atoms with Crippen LogP contribution in [0, 0.1) is 0 Å². The van der Waals surface area contributed by atoms with Crippen molar-refractivity contribution in [3.63, 3.8) is 0 Å². The van der Waals surface area contributed by atoms with E-state index in [1.807, 2.05) is 0 Å². The molecule has 6 nitrogen and oxygen atoms in total. The molecular formula is C8H13BrN4O2. The van der Waals surface area contributed by atoms with Gasteiger partial charge >= 0.3 is 0 Å². The van der Waals surface area contributed by atoms with E-state index in [4.69, 9.17) is 10.5 Å². The number of rotatable bonds is 5. The van der Waals surface area contributed by atoms with E-state index in [2.05, 4.69) is 31.2 Å². The van der Waals surface area contributed by atoms with Crippen LogP contribution in [0.1, 0.15) is 0 Å². The van der Waals surface area contributed by atoms with Crippen LogP contribution in [0.15, 0.2) is 10.7 Å². The molecule has 7 heteroatoms. The Kier molecular flexibility index (Phi) is 4.73. The van der Waals surface area contributed by atoms with Crippen LogP contribution in [0.3, 0.4) is 0 Å². The maximum absolute atomic E-state index is 9.36. The van der Waals surface area contributed by atoms with Gasteiger partial charge in [-0.15, -0.1) is 0 Å². The Morgan fingerprint density at radius 1 is 1.67 bits per heavy atom. The maximum Gasteiger partial charge on any atom is 0.225 e. The molecule has 1 unspecified atom stereocenters. The molecule has 1 aromatic rings. The number of hydrogen-bond acceptors (Lipinski definition) is 6. The van der Waals surface area contributed by atoms with E-state index in [1.54, 1.807) is 6.07 Å². The Labute approximate surface area is 96.0 Å². The van der Waals surface area contributed by atoms with Crippen LogP contribution in [0.4, 0.5) is 11.8 Å². The number of aliphatic hydroxyl groups excluding tert-OH is 1. The Hall–Kier alpha value is -0.920. The minimum absolute atomic E-state index is 0.260. The van der Waals surface area contributed by atoms with E-state index >= 15 is 0 Å². The molecule has 0 bridgehead atoms. The first-order chi connectivity index (χ1) is 7.11. The second-order valence-corrected chi connectivity index (χ2v) is 3.74. The summed E-state index contributed by atoms with van der Waals surface area (Å²) in [5, 5.41) is 12.2. The lowest BCUT2D eigenvalue weighted by molar-refractivity contribution is 0.0726. The third-order valence-electron chi connectivity index (χ3n) is 1.57. The summed E-state index contributed by atoms with van der Waals surface area (Å²) < 4.78 is 5.37. The number of methoxy groups -OCH3 is 1. The third-order valence-corrected chi connectivity index (χ3v) is 1.98. The van der Waals surface area contributed by atoms with Gasteiger partial charge in [0.15, 0.2) is 0 Å². The second-order valence-electron chi connectivity index (χ2n) is 2.93. The molecule has 0 aromatic carbocycles. The van der Waals surface area contributed by atoms with Gasteiger partial charge in [0.25, 0.3) is 0 Å². The molecule has 1 atom stereocenters. The summed E-state index contributed by atoms with van der Waals surface area (Å²) in [6, 6.07) is 1.59. The number of nitrogens with zero attached hydrogens (tertiary/aromatic N) is 2. The SMILES string of the molecule is COCC(O)CNc1nc(N)cc(Br)n1. The Morgan fingerprint density at radius 3 is 3.00 bits per heavy atom. The van der Waals surface area contributed by atoms with E-state index in [1.165, 1.54) is 7.11 Å². The molecule has 0 aliphatic heterocycles. The highest BCUT2D eigenvalue weighted by atomic mass is 79.9. The first-order valence-electron chi connectivity index (χ1n) is 4.32. The van der Waals surface area contributed by atoms with Crippen molar-refractivity contribution in [2.75, 3.05) is 31.3 Å². The number of nitrogen functional groups attached to an aromatic ring is 1. The van der Waals surface area contributed by atoms with E-state index < -0.39 is 6.10 Å². The highest BCUT2D eigenvalue weighted by Gasteiger charge is 2.05. The summed E-state index contributed by atoms with van der Waals surface area (Å²) in [6.07, 6.45) is -0.598. The molecule has 0 saturated heterocycles. The van der Waals surface area contributed by atoms with Crippen molar-refractivity contribution < 1.29 is 9.84 Å². The van der Waals surface area contributed by atoms with Crippen molar-refractivity contribution in [2.24, 2.45) is 0 Å². The first kappa shape index (κ1) is 12.2. The molecule has 84 valence electrons. The highest BCUT2D eigenvalue weighted by Crippen LogP contribution is 2.12. The van der Waals surface area contributed by atoms with Crippen molar-refractivity contribution in [3.8, 4) is 0 Å². The van der Waals surface area contributed by atoms with Gasteiger partial charge in [-0.25, -0.2) is 4.98 Å². The lowest BCUT2D eigenvalue weighted by Gasteiger charge is -2.10. The van der Waals surface area contributed by atoms with Gasteiger partial charge in [-0.2, -0.15) is 4.98 Å². The van der Waals surface area contributed by atoms with Crippen LogP contribution in [0.5, 0.6) is 0 Å². The molecule has 0 fully saturated rings. The van der Waals surface area contributed by atoms with Gasteiger partial charge in [0.05, 0.1) is 12.7 Å². The maximum atomic E-state index is 9.36. The smallest absolute Gasteiger partial charge is 0.225 e. The summed E-state index contributed by atoms with van der Waals surface area (Å²) >= 11 is 3.19. The van der Waals surface area contributed by atoms with Crippen molar-refractivity contribution in [1.29, 1.82) is 0 Å². The van der Waals surface area contributed by atoms with Gasteiger partial charge in [0.2, 0.25) is 5.95 Å². The van der Waals surface area contributed by atoms with E-state index in [-0.39, 0.29) is 6.61 Å². The molecule has 0 aliphatic carbocycles. The van der Waals surface area contributed by atoms with Crippen LogP contribution in [0.25, 0.3) is 0 Å². The number of nitrogens with two attached hydrogens (primary N) is 1. The molecule has 0 aliphatic rings. The van der Waals surface area contributed by atoms with Gasteiger partial charge in [0.1, 0.15) is 10.4 Å². The number of hydrogen-bond donors (Lipinski definition) is 3. The predicted molar refractivity (Wildman–Crippen MR) is 60.5 cm³/mol. The highest BCUT2D eigenvalue weighted by molar-refractivity contribution is 9.10. The van der Waals surface area contributed by atoms with Crippen molar-refractivity contribution >= 4 is 27.7 Å². The topological polar surface area (TPSA) is 93.3 Å². The third kappa shape index (κ3) is 4.41. The van der Waals surface area contributed by atoms with Crippen molar-refractivity contribution in [3.05, 3.63) is 10.7 Å². The summed E-state index contributed by atoms with van der Waals surface area (Å²) in [5.74, 6) is 0.734. The van der Waals surface area contributed by atoms with E-state index in [0.29, 0.717) is 22.9 Å². The summed E-state index contributed by atoms with van der Waals surface area (Å²) in [6.45, 7) is 0.570. The monoisotopic (exact) mass is 276 g/mol. The zero-order valence-corrected chi connectivity index (χ0v) is 9.86. The Bertz CT molecular complexity index is 303. The minimum atomic E-state index is -0.598. The zero-order chi connectivity index (χ0) is 11.3. The predicted octanol–water partition coefficient (Wildman–Crippen LogP) is 0.240. The van der Waals surface area contributed by atoms with E-state index in [0.717, 1.165) is 0 Å². The average Bonchev–Trinajstić information content (AvgIpc) is 2.14. The van der Waals surface area contributed by atoms with Crippen LogP contribution in [0.2, 0.25) is 0 Å². The number of nitrogens with one attached hydrogen (secondary N) is 1. The molecule has 1 aromatic heterocycles. The number of halogens is 1. The quantitative estimate of drug-likeness (QED) is 0.668. The standard InChI is InChI=1S/C8H13BrN4O2/c1-15-4-5(14)3-11-8-12-6(9)2-7(10)13-8/h2,5,14H,3-4H2,1H3,(H3,10,11,12,13). The molecular weight excluding hydrogens is 264 g/mol. The van der Waals surface area contributed by atoms with Gasteiger partial charge in [-0.1, -0.05) is 0 Å².